The van der Waals surface area contributed by atoms with Crippen LogP contribution in [0.15, 0.2) is 16.9 Å². The molecule has 0 unspecified atom stereocenters. The fraction of sp³-hybridized carbons (Fsp3) is 0.478. The van der Waals surface area contributed by atoms with E-state index in [1.165, 1.54) is 20.8 Å². The van der Waals surface area contributed by atoms with Crippen LogP contribution in [0.3, 0.4) is 0 Å². The van der Waals surface area contributed by atoms with Crippen LogP contribution in [-0.2, 0) is 9.47 Å². The van der Waals surface area contributed by atoms with Crippen LogP contribution in [0.2, 0.25) is 0 Å². The SMILES string of the molecule is CCOC(=O)c1c([C@@H]2O[C@@](C)(C(F)(F)F)[C@@H](C)[C@H]2c2ccc(F)c(F)c2OC)[nH]c(C)c(O)c1=O. The molecule has 1 aromatic heterocycles. The number of rotatable bonds is 5. The Labute approximate surface area is 196 Å². The first-order chi connectivity index (χ1) is 16.2. The molecule has 2 heterocycles. The molecule has 0 saturated carbocycles. The van der Waals surface area contributed by atoms with E-state index in [-0.39, 0.29) is 17.9 Å². The van der Waals surface area contributed by atoms with Gasteiger partial charge in [0.15, 0.2) is 22.9 Å². The minimum absolute atomic E-state index is 0.147. The predicted octanol–water partition coefficient (Wildman–Crippen LogP) is 4.66. The Morgan fingerprint density at radius 2 is 1.91 bits per heavy atom. The van der Waals surface area contributed by atoms with Crippen molar-refractivity contribution in [3.63, 3.8) is 0 Å². The summed E-state index contributed by atoms with van der Waals surface area (Å²) >= 11 is 0. The van der Waals surface area contributed by atoms with Gasteiger partial charge in [-0.05, 0) is 26.8 Å². The number of H-pyrrole nitrogens is 1. The van der Waals surface area contributed by atoms with Gasteiger partial charge in [0.25, 0.3) is 0 Å². The number of alkyl halides is 3. The van der Waals surface area contributed by atoms with Crippen molar-refractivity contribution in [2.45, 2.75) is 51.5 Å². The molecule has 1 fully saturated rings. The molecule has 0 bridgehead atoms. The summed E-state index contributed by atoms with van der Waals surface area (Å²) in [5, 5.41) is 10.1. The van der Waals surface area contributed by atoms with E-state index < -0.39 is 75.5 Å². The zero-order valence-electron chi connectivity index (χ0n) is 19.5. The van der Waals surface area contributed by atoms with Crippen LogP contribution in [0.25, 0.3) is 0 Å². The average molecular weight is 505 g/mol. The number of aromatic hydroxyl groups is 1. The summed E-state index contributed by atoms with van der Waals surface area (Å²) in [5.74, 6) is -8.18. The van der Waals surface area contributed by atoms with Crippen LogP contribution < -0.4 is 10.2 Å². The van der Waals surface area contributed by atoms with Crippen LogP contribution in [0.1, 0.15) is 60.1 Å². The summed E-state index contributed by atoms with van der Waals surface area (Å²) in [7, 11) is 1.02. The maximum atomic E-state index is 14.6. The second-order valence-electron chi connectivity index (χ2n) is 8.38. The standard InChI is InChI=1S/C23H24F5NO6/c1-6-34-21(32)14-16(29-10(3)17(30)18(14)31)20-13(9(2)22(4,35-20)23(26,27)28)11-7-8-12(24)15(25)19(11)33-5/h7-9,13,20,30H,6H2,1-5H3,(H,29,31)/t9-,13-,20+,22+/m0/s1. The molecule has 2 N–H and O–H groups in total. The summed E-state index contributed by atoms with van der Waals surface area (Å²) in [5.41, 5.74) is -5.48. The van der Waals surface area contributed by atoms with E-state index in [2.05, 4.69) is 4.98 Å². The molecule has 0 radical (unpaired) electrons. The number of benzene rings is 1. The highest BCUT2D eigenvalue weighted by Crippen LogP contribution is 2.59. The molecule has 0 aliphatic carbocycles. The summed E-state index contributed by atoms with van der Waals surface area (Å²) in [6.45, 7) is 4.53. The molecule has 192 valence electrons. The number of aromatic amines is 1. The largest absolute Gasteiger partial charge is 0.503 e. The van der Waals surface area contributed by atoms with Gasteiger partial charge in [-0.3, -0.25) is 4.79 Å². The molecule has 2 aromatic rings. The monoisotopic (exact) mass is 505 g/mol. The van der Waals surface area contributed by atoms with Gasteiger partial charge >= 0.3 is 12.1 Å². The van der Waals surface area contributed by atoms with E-state index in [0.29, 0.717) is 0 Å². The normalized spacial score (nSPS) is 24.5. The number of pyridine rings is 1. The van der Waals surface area contributed by atoms with Gasteiger partial charge in [0, 0.05) is 17.4 Å². The lowest BCUT2D eigenvalue weighted by atomic mass is 9.76. The van der Waals surface area contributed by atoms with Crippen molar-refractivity contribution >= 4 is 5.97 Å². The zero-order chi connectivity index (χ0) is 26.5. The minimum atomic E-state index is -4.93. The maximum Gasteiger partial charge on any atom is 0.417 e. The van der Waals surface area contributed by atoms with Gasteiger partial charge in [0.05, 0.1) is 25.1 Å². The van der Waals surface area contributed by atoms with Crippen molar-refractivity contribution in [3.05, 3.63) is 56.5 Å². The fourth-order valence-corrected chi connectivity index (χ4v) is 4.42. The molecule has 7 nitrogen and oxygen atoms in total. The second kappa shape index (κ2) is 9.14. The van der Waals surface area contributed by atoms with Gasteiger partial charge in [-0.2, -0.15) is 17.6 Å². The number of methoxy groups -OCH3 is 1. The molecule has 35 heavy (non-hydrogen) atoms. The van der Waals surface area contributed by atoms with Crippen LogP contribution in [-0.4, -0.2) is 41.6 Å². The lowest BCUT2D eigenvalue weighted by Crippen LogP contribution is -2.46. The molecular weight excluding hydrogens is 481 g/mol. The number of esters is 1. The van der Waals surface area contributed by atoms with Crippen LogP contribution >= 0.6 is 0 Å². The lowest BCUT2D eigenvalue weighted by Gasteiger charge is -2.32. The number of nitrogens with one attached hydrogen (secondary N) is 1. The van der Waals surface area contributed by atoms with Crippen molar-refractivity contribution in [1.82, 2.24) is 4.98 Å². The predicted molar refractivity (Wildman–Crippen MR) is 113 cm³/mol. The van der Waals surface area contributed by atoms with E-state index in [0.717, 1.165) is 26.2 Å². The summed E-state index contributed by atoms with van der Waals surface area (Å²) in [6, 6.07) is 1.80. The number of carbonyl (C=O) groups excluding carboxylic acids is 1. The fourth-order valence-electron chi connectivity index (χ4n) is 4.42. The number of aromatic nitrogens is 1. The van der Waals surface area contributed by atoms with Crippen molar-refractivity contribution in [3.8, 4) is 11.5 Å². The van der Waals surface area contributed by atoms with Gasteiger partial charge in [0.1, 0.15) is 11.7 Å². The van der Waals surface area contributed by atoms with Gasteiger partial charge in [0.2, 0.25) is 11.2 Å². The number of hydrogen-bond acceptors (Lipinski definition) is 6. The average Bonchev–Trinajstić information content (AvgIpc) is 3.05. The highest BCUT2D eigenvalue weighted by atomic mass is 19.4. The molecule has 4 atom stereocenters. The van der Waals surface area contributed by atoms with E-state index in [1.807, 2.05) is 0 Å². The Morgan fingerprint density at radius 1 is 1.29 bits per heavy atom. The molecule has 1 saturated heterocycles. The quantitative estimate of drug-likeness (QED) is 0.453. The molecular formula is C23H24F5NO6. The highest BCUT2D eigenvalue weighted by molar-refractivity contribution is 5.91. The molecule has 1 aromatic carbocycles. The topological polar surface area (TPSA) is 97.8 Å². The van der Waals surface area contributed by atoms with Gasteiger partial charge < -0.3 is 24.3 Å². The molecule has 0 amide bonds. The van der Waals surface area contributed by atoms with Crippen LogP contribution in [0.4, 0.5) is 22.0 Å². The molecule has 12 heteroatoms. The summed E-state index contributed by atoms with van der Waals surface area (Å²) in [6.07, 6.45) is -6.62. The van der Waals surface area contributed by atoms with E-state index in [4.69, 9.17) is 14.2 Å². The van der Waals surface area contributed by atoms with E-state index in [9.17, 15) is 36.6 Å². The Hall–Kier alpha value is -3.15. The zero-order valence-corrected chi connectivity index (χ0v) is 19.5. The summed E-state index contributed by atoms with van der Waals surface area (Å²) in [4.78, 5) is 28.0. The minimum Gasteiger partial charge on any atom is -0.503 e. The Morgan fingerprint density at radius 3 is 2.46 bits per heavy atom. The third kappa shape index (κ3) is 4.13. The Kier molecular flexibility index (Phi) is 6.91. The van der Waals surface area contributed by atoms with Gasteiger partial charge in [-0.15, -0.1) is 0 Å². The third-order valence-corrected chi connectivity index (χ3v) is 6.47. The van der Waals surface area contributed by atoms with Crippen molar-refractivity contribution < 1.29 is 46.1 Å². The van der Waals surface area contributed by atoms with E-state index in [1.54, 1.807) is 0 Å². The highest BCUT2D eigenvalue weighted by Gasteiger charge is 2.65. The van der Waals surface area contributed by atoms with Crippen molar-refractivity contribution in [2.24, 2.45) is 5.92 Å². The van der Waals surface area contributed by atoms with Gasteiger partial charge in [-0.25, -0.2) is 9.18 Å². The molecule has 0 spiro atoms. The maximum absolute atomic E-state index is 14.6. The number of carbonyl (C=O) groups is 1. The van der Waals surface area contributed by atoms with Crippen molar-refractivity contribution in [2.75, 3.05) is 13.7 Å². The van der Waals surface area contributed by atoms with Crippen LogP contribution in [0, 0.1) is 24.5 Å². The summed E-state index contributed by atoms with van der Waals surface area (Å²) < 4.78 is 86.5. The lowest BCUT2D eigenvalue weighted by molar-refractivity contribution is -0.275. The van der Waals surface area contributed by atoms with Crippen LogP contribution in [0.5, 0.6) is 11.5 Å². The van der Waals surface area contributed by atoms with Crippen molar-refractivity contribution in [1.29, 1.82) is 0 Å². The first kappa shape index (κ1) is 26.5. The number of ether oxygens (including phenoxy) is 3. The molecule has 3 rings (SSSR count). The number of hydrogen-bond donors (Lipinski definition) is 2. The first-order valence-electron chi connectivity index (χ1n) is 10.6. The smallest absolute Gasteiger partial charge is 0.417 e. The number of aryl methyl sites for hydroxylation is 1. The molecule has 1 aliphatic rings. The number of halogens is 5. The second-order valence-corrected chi connectivity index (χ2v) is 8.38. The Bertz CT molecular complexity index is 1210. The van der Waals surface area contributed by atoms with E-state index >= 15 is 0 Å². The van der Waals surface area contributed by atoms with Gasteiger partial charge in [-0.1, -0.05) is 13.0 Å². The first-order valence-corrected chi connectivity index (χ1v) is 10.6. The Balaban J connectivity index is 2.38. The third-order valence-electron chi connectivity index (χ3n) is 6.47. The molecule has 1 aliphatic heterocycles.